The molecule has 4 nitrogen and oxygen atoms in total. The Morgan fingerprint density at radius 2 is 2.19 bits per heavy atom. The Hall–Kier alpha value is -0.370. The molecule has 3 N–H and O–H groups in total. The van der Waals surface area contributed by atoms with Crippen LogP contribution in [0.1, 0.15) is 23.8 Å². The molecule has 1 atom stereocenters. The van der Waals surface area contributed by atoms with Crippen LogP contribution in [-0.4, -0.2) is 23.5 Å². The molecule has 0 aliphatic heterocycles. The minimum absolute atomic E-state index is 0. The molecule has 9 heteroatoms. The van der Waals surface area contributed by atoms with Crippen LogP contribution in [0.15, 0.2) is 17.5 Å². The van der Waals surface area contributed by atoms with Crippen LogP contribution in [0.5, 0.6) is 0 Å². The number of nitrogens with one attached hydrogen (secondary N) is 1. The van der Waals surface area contributed by atoms with Crippen molar-refractivity contribution in [1.82, 2.24) is 10.3 Å². The molecule has 0 aliphatic carbocycles. The van der Waals surface area contributed by atoms with Crippen molar-refractivity contribution >= 4 is 65.0 Å². The fraction of sp³-hybridized carbons (Fsp3) is 0.333. The largest absolute Gasteiger partial charge is 0.351 e. The fourth-order valence-corrected chi connectivity index (χ4v) is 3.34. The van der Waals surface area contributed by atoms with Gasteiger partial charge in [0.05, 0.1) is 9.21 Å². The van der Waals surface area contributed by atoms with E-state index < -0.39 is 0 Å². The summed E-state index contributed by atoms with van der Waals surface area (Å²) in [5.41, 5.74) is 6.06. The Morgan fingerprint density at radius 3 is 2.76 bits per heavy atom. The van der Waals surface area contributed by atoms with E-state index in [2.05, 4.69) is 10.3 Å². The number of hydrogen-bond donors (Lipinski definition) is 2. The summed E-state index contributed by atoms with van der Waals surface area (Å²) in [6, 6.07) is 3.81. The van der Waals surface area contributed by atoms with Gasteiger partial charge < -0.3 is 11.1 Å². The van der Waals surface area contributed by atoms with Gasteiger partial charge in [0.1, 0.15) is 10.7 Å². The first kappa shape index (κ1) is 20.6. The number of carbonyl (C=O) groups is 1. The van der Waals surface area contributed by atoms with Gasteiger partial charge in [0.2, 0.25) is 0 Å². The number of nitrogens with zero attached hydrogens (tertiary/aromatic N) is 1. The van der Waals surface area contributed by atoms with Crippen molar-refractivity contribution in [3.05, 3.63) is 27.5 Å². The molecule has 0 spiro atoms. The minimum atomic E-state index is -0.161. The van der Waals surface area contributed by atoms with Crippen molar-refractivity contribution in [3.63, 3.8) is 0 Å². The zero-order chi connectivity index (χ0) is 13.8. The second-order valence-corrected chi connectivity index (χ2v) is 6.74. The number of nitrogens with two attached hydrogens (primary N) is 1. The van der Waals surface area contributed by atoms with Crippen LogP contribution >= 0.6 is 59.1 Å². The lowest BCUT2D eigenvalue weighted by atomic mass is 10.2. The Balaban J connectivity index is 0.00000200. The average molecular weight is 389 g/mol. The van der Waals surface area contributed by atoms with E-state index >= 15 is 0 Å². The maximum Gasteiger partial charge on any atom is 0.270 e. The summed E-state index contributed by atoms with van der Waals surface area (Å²) >= 11 is 8.77. The number of thiophene rings is 1. The Bertz CT molecular complexity index is 572. The lowest BCUT2D eigenvalue weighted by Gasteiger charge is -2.05. The van der Waals surface area contributed by atoms with Crippen molar-refractivity contribution in [2.45, 2.75) is 19.4 Å². The van der Waals surface area contributed by atoms with Crippen molar-refractivity contribution in [3.8, 4) is 9.88 Å². The number of rotatable bonds is 5. The van der Waals surface area contributed by atoms with Gasteiger partial charge in [-0.3, -0.25) is 4.79 Å². The van der Waals surface area contributed by atoms with Gasteiger partial charge in [-0.1, -0.05) is 11.6 Å². The summed E-state index contributed by atoms with van der Waals surface area (Å²) in [6.45, 7) is 2.47. The zero-order valence-corrected chi connectivity index (χ0v) is 15.2. The lowest BCUT2D eigenvalue weighted by molar-refractivity contribution is 0.0948. The number of amides is 1. The highest BCUT2D eigenvalue weighted by atomic mass is 35.5. The molecular weight excluding hydrogens is 373 g/mol. The SMILES string of the molecule is CC(N)CCNC(=O)c1csc(-c2ccc(Cl)s2)n1.Cl.Cl. The molecule has 0 saturated carbocycles. The van der Waals surface area contributed by atoms with Crippen molar-refractivity contribution < 1.29 is 4.79 Å². The molecule has 2 heterocycles. The van der Waals surface area contributed by atoms with Gasteiger partial charge in [-0.15, -0.1) is 47.5 Å². The summed E-state index contributed by atoms with van der Waals surface area (Å²) < 4.78 is 0.716. The van der Waals surface area contributed by atoms with Crippen LogP contribution in [0.3, 0.4) is 0 Å². The smallest absolute Gasteiger partial charge is 0.270 e. The van der Waals surface area contributed by atoms with Crippen molar-refractivity contribution in [2.24, 2.45) is 5.73 Å². The molecule has 0 radical (unpaired) electrons. The second-order valence-electron chi connectivity index (χ2n) is 4.16. The van der Waals surface area contributed by atoms with Crippen LogP contribution < -0.4 is 11.1 Å². The van der Waals surface area contributed by atoms with E-state index in [0.717, 1.165) is 16.3 Å². The number of thiazole rings is 1. The van der Waals surface area contributed by atoms with Crippen LogP contribution in [0, 0.1) is 0 Å². The fourth-order valence-electron chi connectivity index (χ4n) is 1.42. The topological polar surface area (TPSA) is 68.0 Å². The second kappa shape index (κ2) is 9.61. The van der Waals surface area contributed by atoms with E-state index in [0.29, 0.717) is 16.6 Å². The normalized spacial score (nSPS) is 11.2. The van der Waals surface area contributed by atoms with Crippen molar-refractivity contribution in [2.75, 3.05) is 6.54 Å². The average Bonchev–Trinajstić information content (AvgIpc) is 2.96. The summed E-state index contributed by atoms with van der Waals surface area (Å²) in [7, 11) is 0. The first-order valence-electron chi connectivity index (χ1n) is 5.81. The molecule has 0 saturated heterocycles. The van der Waals surface area contributed by atoms with Crippen LogP contribution in [0.2, 0.25) is 4.34 Å². The predicted molar refractivity (Wildman–Crippen MR) is 95.5 cm³/mol. The monoisotopic (exact) mass is 387 g/mol. The maximum atomic E-state index is 11.8. The highest BCUT2D eigenvalue weighted by Crippen LogP contribution is 2.32. The molecule has 2 aromatic heterocycles. The molecule has 0 aromatic carbocycles. The van der Waals surface area contributed by atoms with E-state index in [9.17, 15) is 4.79 Å². The van der Waals surface area contributed by atoms with Gasteiger partial charge in [0.25, 0.3) is 5.91 Å². The number of aromatic nitrogens is 1. The third kappa shape index (κ3) is 6.10. The van der Waals surface area contributed by atoms with E-state index in [1.54, 1.807) is 5.38 Å². The molecular formula is C12H16Cl3N3OS2. The first-order chi connectivity index (χ1) is 9.06. The summed E-state index contributed by atoms with van der Waals surface area (Å²) in [6.07, 6.45) is 0.753. The van der Waals surface area contributed by atoms with Gasteiger partial charge in [0, 0.05) is 18.0 Å². The Labute approximate surface area is 148 Å². The van der Waals surface area contributed by atoms with E-state index in [4.69, 9.17) is 17.3 Å². The van der Waals surface area contributed by atoms with Crippen LogP contribution in [0.4, 0.5) is 0 Å². The lowest BCUT2D eigenvalue weighted by Crippen LogP contribution is -2.29. The van der Waals surface area contributed by atoms with Crippen molar-refractivity contribution in [1.29, 1.82) is 0 Å². The number of halogens is 3. The van der Waals surface area contributed by atoms with Gasteiger partial charge in [-0.05, 0) is 25.5 Å². The third-order valence-corrected chi connectivity index (χ3v) is 4.65. The standard InChI is InChI=1S/C12H14ClN3OS2.2ClH/c1-7(14)4-5-15-11(17)8-6-18-12(16-8)9-2-3-10(13)19-9;;/h2-3,6-7H,4-5,14H2,1H3,(H,15,17);2*1H. The number of carbonyl (C=O) groups excluding carboxylic acids is 1. The third-order valence-electron chi connectivity index (χ3n) is 2.41. The van der Waals surface area contributed by atoms with E-state index in [-0.39, 0.29) is 36.8 Å². The van der Waals surface area contributed by atoms with E-state index in [1.165, 1.54) is 22.7 Å². The maximum absolute atomic E-state index is 11.8. The summed E-state index contributed by atoms with van der Waals surface area (Å²) in [4.78, 5) is 17.1. The highest BCUT2D eigenvalue weighted by Gasteiger charge is 2.12. The first-order valence-corrected chi connectivity index (χ1v) is 7.88. The van der Waals surface area contributed by atoms with Gasteiger partial charge in [-0.25, -0.2) is 4.98 Å². The molecule has 0 fully saturated rings. The molecule has 0 bridgehead atoms. The minimum Gasteiger partial charge on any atom is -0.351 e. The van der Waals surface area contributed by atoms with Crippen LogP contribution in [0.25, 0.3) is 9.88 Å². The van der Waals surface area contributed by atoms with Gasteiger partial charge in [0.15, 0.2) is 0 Å². The van der Waals surface area contributed by atoms with Gasteiger partial charge in [-0.2, -0.15) is 0 Å². The van der Waals surface area contributed by atoms with Crippen LogP contribution in [-0.2, 0) is 0 Å². The zero-order valence-electron chi connectivity index (χ0n) is 11.2. The molecule has 1 unspecified atom stereocenters. The van der Waals surface area contributed by atoms with E-state index in [1.807, 2.05) is 19.1 Å². The summed E-state index contributed by atoms with van der Waals surface area (Å²) in [5, 5.41) is 5.37. The molecule has 0 aliphatic rings. The Kier molecular flexibility index (Phi) is 9.44. The Morgan fingerprint density at radius 1 is 1.48 bits per heavy atom. The molecule has 118 valence electrons. The quantitative estimate of drug-likeness (QED) is 0.817. The summed E-state index contributed by atoms with van der Waals surface area (Å²) in [5.74, 6) is -0.161. The predicted octanol–water partition coefficient (Wildman–Crippen LogP) is 3.84. The highest BCUT2D eigenvalue weighted by molar-refractivity contribution is 7.23. The molecule has 2 aromatic rings. The number of hydrogen-bond acceptors (Lipinski definition) is 5. The molecule has 1 amide bonds. The molecule has 21 heavy (non-hydrogen) atoms. The van der Waals surface area contributed by atoms with Gasteiger partial charge >= 0.3 is 0 Å². The molecule has 2 rings (SSSR count).